The zero-order valence-corrected chi connectivity index (χ0v) is 13.0. The summed E-state index contributed by atoms with van der Waals surface area (Å²) in [6, 6.07) is 14.9. The number of alkyl halides is 3. The Bertz CT molecular complexity index is 694. The Morgan fingerprint density at radius 3 is 2.22 bits per heavy atom. The maximum Gasteiger partial charge on any atom is 0.422 e. The molecule has 1 N–H and O–H groups in total. The number of rotatable bonds is 4. The first-order chi connectivity index (χ1) is 10.8. The van der Waals surface area contributed by atoms with E-state index in [1.165, 1.54) is 0 Å². The van der Waals surface area contributed by atoms with Crippen LogP contribution in [0, 0.1) is 6.92 Å². The van der Waals surface area contributed by atoms with E-state index in [-0.39, 0.29) is 0 Å². The highest BCUT2D eigenvalue weighted by Crippen LogP contribution is 2.38. The topological polar surface area (TPSA) is 29.1 Å². The molecule has 120 valence electrons. The van der Waals surface area contributed by atoms with Crippen molar-refractivity contribution in [3.05, 3.63) is 71.1 Å². The van der Waals surface area contributed by atoms with Gasteiger partial charge in [0.05, 0.1) is 4.91 Å². The van der Waals surface area contributed by atoms with Gasteiger partial charge in [0.25, 0.3) is 0 Å². The number of nitrogens with one attached hydrogen (secondary N) is 1. The van der Waals surface area contributed by atoms with Crippen molar-refractivity contribution in [1.82, 2.24) is 0 Å². The van der Waals surface area contributed by atoms with Gasteiger partial charge in [-0.15, -0.1) is 0 Å². The third-order valence-corrected chi connectivity index (χ3v) is 3.91. The molecule has 2 aromatic carbocycles. The summed E-state index contributed by atoms with van der Waals surface area (Å²) in [6.45, 7) is 1.88. The summed E-state index contributed by atoms with van der Waals surface area (Å²) < 4.78 is 39.3. The Morgan fingerprint density at radius 2 is 1.65 bits per heavy atom. The minimum absolute atomic E-state index is 0.416. The maximum absolute atomic E-state index is 13.1. The second-order valence-electron chi connectivity index (χ2n) is 4.78. The molecule has 0 saturated heterocycles. The van der Waals surface area contributed by atoms with Gasteiger partial charge >= 0.3 is 6.18 Å². The largest absolute Gasteiger partial charge is 0.422 e. The molecule has 0 spiro atoms. The summed E-state index contributed by atoms with van der Waals surface area (Å²) in [6.07, 6.45) is -4.01. The molecular formula is C17H14F3NOS. The average Bonchev–Trinajstić information content (AvgIpc) is 2.49. The Labute approximate surface area is 136 Å². The molecule has 2 rings (SSSR count). The van der Waals surface area contributed by atoms with Crippen LogP contribution in [-0.4, -0.2) is 12.1 Å². The number of thioether (sulfide) groups is 1. The van der Waals surface area contributed by atoms with Gasteiger partial charge in [-0.25, -0.2) is 0 Å². The quantitative estimate of drug-likeness (QED) is 0.616. The van der Waals surface area contributed by atoms with Crippen molar-refractivity contribution >= 4 is 23.4 Å². The van der Waals surface area contributed by atoms with Gasteiger partial charge in [0.1, 0.15) is 0 Å². The molecular weight excluding hydrogens is 323 g/mol. The van der Waals surface area contributed by atoms with Crippen molar-refractivity contribution in [1.29, 1.82) is 0 Å². The minimum Gasteiger partial charge on any atom is -0.322 e. The Kier molecular flexibility index (Phi) is 5.50. The number of benzene rings is 2. The average molecular weight is 337 g/mol. The first-order valence-electron chi connectivity index (χ1n) is 6.74. The lowest BCUT2D eigenvalue weighted by Crippen LogP contribution is -2.15. The molecule has 0 heterocycles. The number of aryl methyl sites for hydroxylation is 1. The van der Waals surface area contributed by atoms with Crippen LogP contribution in [0.2, 0.25) is 0 Å². The molecule has 0 fully saturated rings. The number of halogens is 3. The summed E-state index contributed by atoms with van der Waals surface area (Å²) >= 11 is 0.512. The van der Waals surface area contributed by atoms with Crippen molar-refractivity contribution < 1.29 is 18.0 Å². The molecule has 0 radical (unpaired) electrons. The van der Waals surface area contributed by atoms with Crippen molar-refractivity contribution in [3.8, 4) is 0 Å². The molecule has 23 heavy (non-hydrogen) atoms. The molecule has 2 nitrogen and oxygen atoms in total. The molecule has 0 atom stereocenters. The Balaban J connectivity index is 2.16. The number of carbonyl (C=O) groups is 1. The van der Waals surface area contributed by atoms with Gasteiger partial charge in [-0.05, 0) is 31.2 Å². The van der Waals surface area contributed by atoms with Crippen molar-refractivity contribution in [2.75, 3.05) is 5.32 Å². The van der Waals surface area contributed by atoms with Crippen LogP contribution >= 0.6 is 11.8 Å². The molecule has 0 aliphatic carbocycles. The fourth-order valence-corrected chi connectivity index (χ4v) is 2.55. The highest BCUT2D eigenvalue weighted by molar-refractivity contribution is 8.03. The van der Waals surface area contributed by atoms with Crippen LogP contribution in [0.3, 0.4) is 0 Å². The van der Waals surface area contributed by atoms with Gasteiger partial charge in [-0.3, -0.25) is 4.79 Å². The fraction of sp³-hybridized carbons (Fsp3) is 0.118. The standard InChI is InChI=1S/C17H14F3NOS/c1-12-7-9-13(10-8-12)21-16(22)11-15(17(18,19)20)23-14-5-3-2-4-6-14/h2-11H,1H3,(H,21,22). The van der Waals surface area contributed by atoms with Gasteiger partial charge in [0, 0.05) is 16.7 Å². The van der Waals surface area contributed by atoms with Crippen LogP contribution in [0.25, 0.3) is 0 Å². The molecule has 0 saturated carbocycles. The van der Waals surface area contributed by atoms with Crippen molar-refractivity contribution in [2.45, 2.75) is 18.0 Å². The zero-order valence-electron chi connectivity index (χ0n) is 12.2. The van der Waals surface area contributed by atoms with E-state index < -0.39 is 17.0 Å². The predicted octanol–water partition coefficient (Wildman–Crippen LogP) is 5.17. The summed E-state index contributed by atoms with van der Waals surface area (Å²) in [5.74, 6) is -0.815. The molecule has 0 aliphatic heterocycles. The lowest BCUT2D eigenvalue weighted by atomic mass is 10.2. The van der Waals surface area contributed by atoms with E-state index >= 15 is 0 Å². The molecule has 0 bridgehead atoms. The number of hydrogen-bond acceptors (Lipinski definition) is 2. The number of anilines is 1. The third kappa shape index (κ3) is 5.49. The number of allylic oxidation sites excluding steroid dienone is 1. The number of amides is 1. The van der Waals surface area contributed by atoms with E-state index in [2.05, 4.69) is 5.32 Å². The third-order valence-electron chi connectivity index (χ3n) is 2.83. The fourth-order valence-electron chi connectivity index (χ4n) is 1.72. The van der Waals surface area contributed by atoms with E-state index in [9.17, 15) is 18.0 Å². The number of carbonyl (C=O) groups excluding carboxylic acids is 1. The van der Waals surface area contributed by atoms with Crippen molar-refractivity contribution in [2.24, 2.45) is 0 Å². The summed E-state index contributed by atoms with van der Waals surface area (Å²) in [5, 5.41) is 2.43. The van der Waals surface area contributed by atoms with E-state index in [1.807, 2.05) is 6.92 Å². The van der Waals surface area contributed by atoms with Crippen LogP contribution in [0.1, 0.15) is 5.56 Å². The first kappa shape index (κ1) is 17.1. The van der Waals surface area contributed by atoms with E-state index in [0.717, 1.165) is 5.56 Å². The van der Waals surface area contributed by atoms with Crippen LogP contribution < -0.4 is 5.32 Å². The van der Waals surface area contributed by atoms with Crippen LogP contribution in [0.5, 0.6) is 0 Å². The molecule has 6 heteroatoms. The van der Waals surface area contributed by atoms with Gasteiger partial charge < -0.3 is 5.32 Å². The highest BCUT2D eigenvalue weighted by atomic mass is 32.2. The normalized spacial score (nSPS) is 12.1. The SMILES string of the molecule is Cc1ccc(NC(=O)C=C(Sc2ccccc2)C(F)(F)F)cc1. The summed E-state index contributed by atoms with van der Waals surface area (Å²) in [5.41, 5.74) is 1.44. The molecule has 0 aromatic heterocycles. The van der Waals surface area contributed by atoms with Gasteiger partial charge in [-0.1, -0.05) is 47.7 Å². The van der Waals surface area contributed by atoms with Gasteiger partial charge in [-0.2, -0.15) is 13.2 Å². The maximum atomic E-state index is 13.1. The zero-order chi connectivity index (χ0) is 16.9. The monoisotopic (exact) mass is 337 g/mol. The molecule has 0 aliphatic rings. The van der Waals surface area contributed by atoms with E-state index in [1.54, 1.807) is 54.6 Å². The van der Waals surface area contributed by atoms with E-state index in [0.29, 0.717) is 28.4 Å². The molecule has 1 amide bonds. The first-order valence-corrected chi connectivity index (χ1v) is 7.56. The van der Waals surface area contributed by atoms with Crippen LogP contribution in [0.15, 0.2) is 70.5 Å². The number of hydrogen-bond donors (Lipinski definition) is 1. The predicted molar refractivity (Wildman–Crippen MR) is 86.2 cm³/mol. The second kappa shape index (κ2) is 7.37. The molecule has 0 unspecified atom stereocenters. The Hall–Kier alpha value is -2.21. The van der Waals surface area contributed by atoms with Crippen LogP contribution in [-0.2, 0) is 4.79 Å². The summed E-state index contributed by atoms with van der Waals surface area (Å²) in [4.78, 5) is 11.3. The molecule has 2 aromatic rings. The van der Waals surface area contributed by atoms with E-state index in [4.69, 9.17) is 0 Å². The van der Waals surface area contributed by atoms with Crippen molar-refractivity contribution in [3.63, 3.8) is 0 Å². The van der Waals surface area contributed by atoms with Gasteiger partial charge in [0.2, 0.25) is 5.91 Å². The smallest absolute Gasteiger partial charge is 0.322 e. The van der Waals surface area contributed by atoms with Gasteiger partial charge in [0.15, 0.2) is 0 Å². The lowest BCUT2D eigenvalue weighted by molar-refractivity contribution is -0.113. The lowest BCUT2D eigenvalue weighted by Gasteiger charge is -2.11. The van der Waals surface area contributed by atoms with Crippen LogP contribution in [0.4, 0.5) is 18.9 Å². The second-order valence-corrected chi connectivity index (χ2v) is 5.89. The summed E-state index contributed by atoms with van der Waals surface area (Å²) in [7, 11) is 0. The Morgan fingerprint density at radius 1 is 1.04 bits per heavy atom. The highest BCUT2D eigenvalue weighted by Gasteiger charge is 2.35. The minimum atomic E-state index is -4.59.